The van der Waals surface area contributed by atoms with Crippen molar-refractivity contribution in [1.82, 2.24) is 25.4 Å². The summed E-state index contributed by atoms with van der Waals surface area (Å²) in [7, 11) is 0. The van der Waals surface area contributed by atoms with Crippen molar-refractivity contribution in [2.24, 2.45) is 0 Å². The van der Waals surface area contributed by atoms with Crippen LogP contribution < -0.4 is 10.6 Å². The summed E-state index contributed by atoms with van der Waals surface area (Å²) in [6.45, 7) is 2.85. The van der Waals surface area contributed by atoms with Crippen molar-refractivity contribution < 1.29 is 9.18 Å². The maximum absolute atomic E-state index is 13.5. The van der Waals surface area contributed by atoms with E-state index >= 15 is 0 Å². The van der Waals surface area contributed by atoms with Crippen LogP contribution in [0, 0.1) is 5.82 Å². The van der Waals surface area contributed by atoms with E-state index in [9.17, 15) is 9.18 Å². The summed E-state index contributed by atoms with van der Waals surface area (Å²) in [6, 6.07) is 16.6. The van der Waals surface area contributed by atoms with Crippen molar-refractivity contribution in [2.45, 2.75) is 19.5 Å². The molecule has 5 rings (SSSR count). The van der Waals surface area contributed by atoms with Gasteiger partial charge in [0.2, 0.25) is 0 Å². The van der Waals surface area contributed by atoms with Crippen LogP contribution in [0.4, 0.5) is 4.39 Å². The Morgan fingerprint density at radius 2 is 1.94 bits per heavy atom. The fraction of sp³-hybridized carbons (Fsp3) is 0.148. The van der Waals surface area contributed by atoms with E-state index in [1.54, 1.807) is 41.2 Å². The highest BCUT2D eigenvalue weighted by Crippen LogP contribution is 2.33. The summed E-state index contributed by atoms with van der Waals surface area (Å²) < 4.78 is 15.1. The van der Waals surface area contributed by atoms with Crippen LogP contribution >= 0.6 is 23.2 Å². The van der Waals surface area contributed by atoms with Crippen molar-refractivity contribution in [2.75, 3.05) is 6.54 Å². The molecule has 1 aliphatic heterocycles. The minimum Gasteiger partial charge on any atom is -0.343 e. The third-order valence-corrected chi connectivity index (χ3v) is 6.49. The van der Waals surface area contributed by atoms with Gasteiger partial charge in [-0.1, -0.05) is 41.4 Å². The Labute approximate surface area is 217 Å². The Morgan fingerprint density at radius 3 is 2.67 bits per heavy atom. The van der Waals surface area contributed by atoms with Gasteiger partial charge in [-0.2, -0.15) is 5.10 Å². The molecule has 0 fully saturated rings. The molecule has 2 aromatic heterocycles. The number of hydrogen-bond acceptors (Lipinski definition) is 4. The Bertz CT molecular complexity index is 1450. The van der Waals surface area contributed by atoms with Gasteiger partial charge in [-0.3, -0.25) is 9.78 Å². The van der Waals surface area contributed by atoms with E-state index in [0.29, 0.717) is 28.8 Å². The van der Waals surface area contributed by atoms with Crippen molar-refractivity contribution in [1.29, 1.82) is 0 Å². The molecule has 9 heteroatoms. The maximum atomic E-state index is 13.5. The zero-order valence-electron chi connectivity index (χ0n) is 19.3. The number of benzene rings is 2. The number of halogens is 3. The molecule has 3 heterocycles. The molecule has 1 atom stereocenters. The Balaban J connectivity index is 1.61. The van der Waals surface area contributed by atoms with Crippen LogP contribution in [0.1, 0.15) is 46.0 Å². The van der Waals surface area contributed by atoms with Gasteiger partial charge in [0.15, 0.2) is 5.69 Å². The number of fused-ring (bicyclic) bond motifs is 1. The van der Waals surface area contributed by atoms with E-state index in [0.717, 1.165) is 28.1 Å². The Kier molecular flexibility index (Phi) is 6.87. The number of pyridine rings is 1. The summed E-state index contributed by atoms with van der Waals surface area (Å²) in [5.74, 6) is -0.628. The first-order valence-corrected chi connectivity index (χ1v) is 12.1. The molecule has 2 N–H and O–H groups in total. The molecule has 2 aromatic carbocycles. The van der Waals surface area contributed by atoms with Crippen molar-refractivity contribution >= 4 is 40.8 Å². The number of aromatic nitrogens is 3. The smallest absolute Gasteiger partial charge is 0.272 e. The molecule has 1 amide bonds. The molecular weight excluding hydrogens is 500 g/mol. The predicted molar refractivity (Wildman–Crippen MR) is 140 cm³/mol. The van der Waals surface area contributed by atoms with Crippen LogP contribution in [0.15, 0.2) is 66.9 Å². The minimum absolute atomic E-state index is 0.288. The summed E-state index contributed by atoms with van der Waals surface area (Å²) in [4.78, 5) is 17.8. The lowest BCUT2D eigenvalue weighted by Gasteiger charge is -2.20. The van der Waals surface area contributed by atoms with Crippen LogP contribution in [-0.2, 0) is 6.54 Å². The lowest BCUT2D eigenvalue weighted by Crippen LogP contribution is -2.30. The second-order valence-corrected chi connectivity index (χ2v) is 9.30. The molecule has 4 aromatic rings. The van der Waals surface area contributed by atoms with Gasteiger partial charge in [-0.05, 0) is 66.6 Å². The second-order valence-electron chi connectivity index (χ2n) is 8.46. The van der Waals surface area contributed by atoms with E-state index in [1.165, 1.54) is 12.1 Å². The quantitative estimate of drug-likeness (QED) is 0.345. The standard InChI is InChI=1S/C27H22Cl2FN5O/c1-16(23-4-2-3-11-32-23)33-27(36)25-21-15-31-14-18(12-17-5-8-20(30)9-6-17)26(21)35(34-25)24-10-7-19(28)13-22(24)29/h2-13,16,31H,14-15H2,1H3,(H,33,36). The average Bonchev–Trinajstić information content (AvgIpc) is 3.26. The first kappa shape index (κ1) is 24.2. The summed E-state index contributed by atoms with van der Waals surface area (Å²) in [5.41, 5.74) is 4.85. The monoisotopic (exact) mass is 521 g/mol. The van der Waals surface area contributed by atoms with Gasteiger partial charge < -0.3 is 10.6 Å². The van der Waals surface area contributed by atoms with Gasteiger partial charge in [0.25, 0.3) is 5.91 Å². The van der Waals surface area contributed by atoms with E-state index < -0.39 is 0 Å². The van der Waals surface area contributed by atoms with E-state index in [-0.39, 0.29) is 23.5 Å². The molecule has 0 aliphatic carbocycles. The number of carbonyl (C=O) groups is 1. The summed E-state index contributed by atoms with van der Waals surface area (Å²) >= 11 is 12.7. The number of rotatable bonds is 5. The molecule has 0 radical (unpaired) electrons. The highest BCUT2D eigenvalue weighted by molar-refractivity contribution is 6.35. The molecular formula is C27H22Cl2FN5O. The van der Waals surface area contributed by atoms with Crippen molar-refractivity contribution in [3.8, 4) is 5.69 Å². The van der Waals surface area contributed by atoms with E-state index in [1.807, 2.05) is 31.2 Å². The van der Waals surface area contributed by atoms with Gasteiger partial charge in [0.05, 0.1) is 28.1 Å². The highest BCUT2D eigenvalue weighted by atomic mass is 35.5. The largest absolute Gasteiger partial charge is 0.343 e. The number of hydrogen-bond donors (Lipinski definition) is 2. The number of amides is 1. The lowest BCUT2D eigenvalue weighted by atomic mass is 9.98. The number of nitrogens with zero attached hydrogens (tertiary/aromatic N) is 3. The zero-order valence-corrected chi connectivity index (χ0v) is 20.8. The third kappa shape index (κ3) is 4.91. The number of carbonyl (C=O) groups excluding carboxylic acids is 1. The molecule has 1 aliphatic rings. The fourth-order valence-electron chi connectivity index (χ4n) is 4.21. The van der Waals surface area contributed by atoms with Gasteiger partial charge in [-0.25, -0.2) is 9.07 Å². The molecule has 0 bridgehead atoms. The van der Waals surface area contributed by atoms with Gasteiger partial charge in [0.1, 0.15) is 5.82 Å². The van der Waals surface area contributed by atoms with Gasteiger partial charge in [0, 0.05) is 29.9 Å². The summed E-state index contributed by atoms with van der Waals surface area (Å²) in [6.07, 6.45) is 3.64. The van der Waals surface area contributed by atoms with Gasteiger partial charge in [-0.15, -0.1) is 0 Å². The highest BCUT2D eigenvalue weighted by Gasteiger charge is 2.29. The summed E-state index contributed by atoms with van der Waals surface area (Å²) in [5, 5.41) is 12.0. The first-order chi connectivity index (χ1) is 17.4. The normalized spacial score (nSPS) is 14.9. The zero-order chi connectivity index (χ0) is 25.2. The van der Waals surface area contributed by atoms with Gasteiger partial charge >= 0.3 is 0 Å². The average molecular weight is 522 g/mol. The maximum Gasteiger partial charge on any atom is 0.272 e. The molecule has 0 saturated heterocycles. The van der Waals surface area contributed by atoms with Crippen molar-refractivity contribution in [3.05, 3.63) is 111 Å². The lowest BCUT2D eigenvalue weighted by molar-refractivity contribution is 0.0932. The van der Waals surface area contributed by atoms with Crippen LogP contribution in [-0.4, -0.2) is 27.2 Å². The first-order valence-electron chi connectivity index (χ1n) is 11.4. The van der Waals surface area contributed by atoms with E-state index in [2.05, 4.69) is 15.6 Å². The predicted octanol–water partition coefficient (Wildman–Crippen LogP) is 5.85. The van der Waals surface area contributed by atoms with Crippen LogP contribution in [0.2, 0.25) is 10.0 Å². The molecule has 1 unspecified atom stereocenters. The Hall–Kier alpha value is -3.52. The van der Waals surface area contributed by atoms with Crippen LogP contribution in [0.3, 0.4) is 0 Å². The molecule has 6 nitrogen and oxygen atoms in total. The molecule has 0 spiro atoms. The molecule has 36 heavy (non-hydrogen) atoms. The number of nitrogens with one attached hydrogen (secondary N) is 2. The van der Waals surface area contributed by atoms with Crippen LogP contribution in [0.25, 0.3) is 17.3 Å². The van der Waals surface area contributed by atoms with Crippen LogP contribution in [0.5, 0.6) is 0 Å². The fourth-order valence-corrected chi connectivity index (χ4v) is 4.70. The van der Waals surface area contributed by atoms with E-state index in [4.69, 9.17) is 28.3 Å². The Morgan fingerprint density at radius 1 is 1.14 bits per heavy atom. The second kappa shape index (κ2) is 10.2. The molecule has 0 saturated carbocycles. The minimum atomic E-state index is -0.321. The SMILES string of the molecule is CC(NC(=O)c1nn(-c2ccc(Cl)cc2Cl)c2c1CNCC2=Cc1ccc(F)cc1)c1ccccn1. The molecule has 182 valence electrons. The third-order valence-electron chi connectivity index (χ3n) is 5.95. The topological polar surface area (TPSA) is 71.8 Å². The van der Waals surface area contributed by atoms with Crippen molar-refractivity contribution in [3.63, 3.8) is 0 Å².